The van der Waals surface area contributed by atoms with E-state index >= 15 is 0 Å². The van der Waals surface area contributed by atoms with E-state index in [9.17, 15) is 9.18 Å². The Morgan fingerprint density at radius 1 is 1.80 bits per heavy atom. The Bertz CT molecular complexity index is 114. The minimum absolute atomic E-state index is 0.462. The van der Waals surface area contributed by atoms with Gasteiger partial charge >= 0.3 is 5.97 Å². The molecule has 10 heavy (non-hydrogen) atoms. The van der Waals surface area contributed by atoms with Crippen molar-refractivity contribution in [3.8, 4) is 0 Å². The van der Waals surface area contributed by atoms with Gasteiger partial charge in [0.2, 0.25) is 0 Å². The molecule has 3 nitrogen and oxygen atoms in total. The summed E-state index contributed by atoms with van der Waals surface area (Å²) in [5.41, 5.74) is 5.14. The molecule has 0 unspecified atom stereocenters. The molecule has 60 valence electrons. The predicted molar refractivity (Wildman–Crippen MR) is 35.4 cm³/mol. The Balaban J connectivity index is 3.88. The Labute approximate surface area is 59.0 Å². The molecule has 0 amide bonds. The van der Waals surface area contributed by atoms with Crippen molar-refractivity contribution in [1.29, 1.82) is 0 Å². The van der Waals surface area contributed by atoms with E-state index in [4.69, 9.17) is 10.8 Å². The summed E-state index contributed by atoms with van der Waals surface area (Å²) < 4.78 is 11.9. The van der Waals surface area contributed by atoms with E-state index in [0.29, 0.717) is 6.42 Å². The van der Waals surface area contributed by atoms with Crippen molar-refractivity contribution in [3.05, 3.63) is 0 Å². The molecule has 0 aliphatic heterocycles. The van der Waals surface area contributed by atoms with Gasteiger partial charge in [-0.3, -0.25) is 9.18 Å². The molecule has 0 fully saturated rings. The van der Waals surface area contributed by atoms with Gasteiger partial charge < -0.3 is 10.8 Å². The van der Waals surface area contributed by atoms with Crippen LogP contribution in [0.2, 0.25) is 0 Å². The molecule has 0 rings (SSSR count). The summed E-state index contributed by atoms with van der Waals surface area (Å²) in [4.78, 5) is 10.2. The fraction of sp³-hybridized carbons (Fsp3) is 0.833. The van der Waals surface area contributed by atoms with Crippen molar-refractivity contribution < 1.29 is 14.3 Å². The van der Waals surface area contributed by atoms with E-state index in [0.717, 1.165) is 0 Å². The van der Waals surface area contributed by atoms with Crippen molar-refractivity contribution in [3.63, 3.8) is 0 Å². The Hall–Kier alpha value is -0.640. The van der Waals surface area contributed by atoms with Crippen molar-refractivity contribution in [2.24, 2.45) is 11.7 Å². The second kappa shape index (κ2) is 4.22. The molecule has 0 saturated heterocycles. The number of rotatable bonds is 4. The molecule has 0 bridgehead atoms. The normalized spacial score (nSPS) is 16.3. The first-order valence-electron chi connectivity index (χ1n) is 3.17. The first-order chi connectivity index (χ1) is 4.63. The van der Waals surface area contributed by atoms with Crippen LogP contribution in [-0.4, -0.2) is 23.8 Å². The van der Waals surface area contributed by atoms with E-state index in [1.165, 1.54) is 0 Å². The van der Waals surface area contributed by atoms with Crippen LogP contribution in [0.15, 0.2) is 0 Å². The minimum Gasteiger partial charge on any atom is -0.480 e. The van der Waals surface area contributed by atoms with Crippen LogP contribution in [0.25, 0.3) is 0 Å². The Morgan fingerprint density at radius 2 is 2.30 bits per heavy atom. The summed E-state index contributed by atoms with van der Waals surface area (Å²) in [6.07, 6.45) is 0.462. The van der Waals surface area contributed by atoms with Crippen molar-refractivity contribution in [2.75, 3.05) is 6.67 Å². The second-order valence-corrected chi connectivity index (χ2v) is 2.19. The highest BCUT2D eigenvalue weighted by atomic mass is 19.1. The molecular weight excluding hydrogens is 137 g/mol. The smallest absolute Gasteiger partial charge is 0.320 e. The molecule has 0 aromatic heterocycles. The number of carboxylic acids is 1. The highest BCUT2D eigenvalue weighted by Gasteiger charge is 2.21. The molecule has 0 aliphatic carbocycles. The van der Waals surface area contributed by atoms with Gasteiger partial charge in [0.05, 0.1) is 6.67 Å². The molecule has 0 aliphatic rings. The lowest BCUT2D eigenvalue weighted by Crippen LogP contribution is -2.38. The lowest BCUT2D eigenvalue weighted by molar-refractivity contribution is -0.140. The van der Waals surface area contributed by atoms with E-state index in [2.05, 4.69) is 0 Å². The van der Waals surface area contributed by atoms with Crippen molar-refractivity contribution in [2.45, 2.75) is 19.4 Å². The summed E-state index contributed by atoms with van der Waals surface area (Å²) in [6.45, 7) is 1.05. The third-order valence-corrected chi connectivity index (χ3v) is 1.52. The van der Waals surface area contributed by atoms with E-state index < -0.39 is 24.6 Å². The number of carbonyl (C=O) groups is 1. The van der Waals surface area contributed by atoms with Crippen LogP contribution in [0.3, 0.4) is 0 Å². The lowest BCUT2D eigenvalue weighted by Gasteiger charge is -2.14. The van der Waals surface area contributed by atoms with Gasteiger partial charge in [0.15, 0.2) is 0 Å². The number of hydrogen-bond acceptors (Lipinski definition) is 2. The lowest BCUT2D eigenvalue weighted by atomic mass is 10.00. The standard InChI is InChI=1S/C6H12FNO2/c1-2-4(3-7)5(8)6(9)10/h4-5H,2-3,8H2,1H3,(H,9,10)/t4-,5+/m1/s1. The van der Waals surface area contributed by atoms with Gasteiger partial charge in [0.1, 0.15) is 6.04 Å². The Kier molecular flexibility index (Phi) is 3.95. The number of halogens is 1. The van der Waals surface area contributed by atoms with E-state index in [1.54, 1.807) is 6.92 Å². The predicted octanol–water partition coefficient (Wildman–Crippen LogP) is 0.394. The van der Waals surface area contributed by atoms with Crippen LogP contribution in [0, 0.1) is 5.92 Å². The van der Waals surface area contributed by atoms with Gasteiger partial charge in [-0.15, -0.1) is 0 Å². The summed E-state index contributed by atoms with van der Waals surface area (Å²) >= 11 is 0. The Morgan fingerprint density at radius 3 is 2.40 bits per heavy atom. The topological polar surface area (TPSA) is 63.3 Å². The van der Waals surface area contributed by atoms with E-state index in [1.807, 2.05) is 0 Å². The first-order valence-corrected chi connectivity index (χ1v) is 3.17. The number of aliphatic carboxylic acids is 1. The molecule has 0 aromatic carbocycles. The monoisotopic (exact) mass is 149 g/mol. The highest BCUT2D eigenvalue weighted by Crippen LogP contribution is 2.07. The number of carboxylic acid groups (broad SMARTS) is 1. The summed E-state index contributed by atoms with van der Waals surface area (Å²) in [7, 11) is 0. The van der Waals surface area contributed by atoms with Gasteiger partial charge in [0, 0.05) is 5.92 Å². The minimum atomic E-state index is -1.13. The van der Waals surface area contributed by atoms with Crippen LogP contribution in [0.4, 0.5) is 4.39 Å². The molecule has 0 heterocycles. The average Bonchev–Trinajstić information content (AvgIpc) is 1.90. The van der Waals surface area contributed by atoms with Gasteiger partial charge in [-0.1, -0.05) is 6.92 Å². The fourth-order valence-corrected chi connectivity index (χ4v) is 0.661. The van der Waals surface area contributed by atoms with Gasteiger partial charge in [-0.25, -0.2) is 0 Å². The molecule has 3 N–H and O–H groups in total. The van der Waals surface area contributed by atoms with Crippen LogP contribution in [-0.2, 0) is 4.79 Å². The SMILES string of the molecule is CC[C@H](CF)[C@H](N)C(=O)O. The molecule has 0 aromatic rings. The summed E-state index contributed by atoms with van der Waals surface area (Å²) in [5, 5.41) is 8.32. The van der Waals surface area contributed by atoms with Crippen LogP contribution in [0.5, 0.6) is 0 Å². The molecule has 4 heteroatoms. The first kappa shape index (κ1) is 9.36. The zero-order valence-electron chi connectivity index (χ0n) is 5.88. The van der Waals surface area contributed by atoms with Gasteiger partial charge in [-0.2, -0.15) is 0 Å². The van der Waals surface area contributed by atoms with E-state index in [-0.39, 0.29) is 0 Å². The highest BCUT2D eigenvalue weighted by molar-refractivity contribution is 5.73. The van der Waals surface area contributed by atoms with Gasteiger partial charge in [0.25, 0.3) is 0 Å². The van der Waals surface area contributed by atoms with Gasteiger partial charge in [-0.05, 0) is 6.42 Å². The fourth-order valence-electron chi connectivity index (χ4n) is 0.661. The van der Waals surface area contributed by atoms with Crippen molar-refractivity contribution in [1.82, 2.24) is 0 Å². The summed E-state index contributed by atoms with van der Waals surface area (Å²) in [5.74, 6) is -1.68. The quantitative estimate of drug-likeness (QED) is 0.608. The maximum Gasteiger partial charge on any atom is 0.320 e. The zero-order valence-corrected chi connectivity index (χ0v) is 5.88. The zero-order chi connectivity index (χ0) is 8.15. The van der Waals surface area contributed by atoms with Crippen LogP contribution >= 0.6 is 0 Å². The third kappa shape index (κ3) is 2.31. The maximum atomic E-state index is 11.9. The largest absolute Gasteiger partial charge is 0.480 e. The van der Waals surface area contributed by atoms with Crippen LogP contribution < -0.4 is 5.73 Å². The number of nitrogens with two attached hydrogens (primary N) is 1. The third-order valence-electron chi connectivity index (χ3n) is 1.52. The maximum absolute atomic E-state index is 11.9. The molecular formula is C6H12FNO2. The molecule has 0 spiro atoms. The van der Waals surface area contributed by atoms with Crippen molar-refractivity contribution >= 4 is 5.97 Å². The molecule has 0 radical (unpaired) electrons. The summed E-state index contributed by atoms with van der Waals surface area (Å²) in [6, 6.07) is -1.06. The molecule has 0 saturated carbocycles. The number of hydrogen-bond donors (Lipinski definition) is 2. The van der Waals surface area contributed by atoms with Crippen LogP contribution in [0.1, 0.15) is 13.3 Å². The number of alkyl halides is 1. The molecule has 2 atom stereocenters. The second-order valence-electron chi connectivity index (χ2n) is 2.19. The average molecular weight is 149 g/mol.